The molecule has 4 aromatic carbocycles. The van der Waals surface area contributed by atoms with Crippen molar-refractivity contribution in [1.82, 2.24) is 0 Å². The molecule has 0 unspecified atom stereocenters. The maximum absolute atomic E-state index is 13.2. The number of fused-ring (bicyclic) bond motifs is 1. The van der Waals surface area contributed by atoms with E-state index < -0.39 is 19.7 Å². The molecule has 0 aliphatic carbocycles. The van der Waals surface area contributed by atoms with Crippen LogP contribution in [0.15, 0.2) is 105 Å². The Kier molecular flexibility index (Phi) is 5.36. The summed E-state index contributed by atoms with van der Waals surface area (Å²) >= 11 is 11.7. The molecule has 0 heterocycles. The highest BCUT2D eigenvalue weighted by molar-refractivity contribution is 7.92. The first-order valence-corrected chi connectivity index (χ1v) is 12.5. The van der Waals surface area contributed by atoms with Gasteiger partial charge >= 0.3 is 0 Å². The van der Waals surface area contributed by atoms with Crippen LogP contribution in [0.3, 0.4) is 0 Å². The molecular formula is C22H14Cl2O4S2. The molecule has 4 aromatic rings. The predicted molar refractivity (Wildman–Crippen MR) is 118 cm³/mol. The molecule has 0 atom stereocenters. The van der Waals surface area contributed by atoms with Crippen molar-refractivity contribution in [3.63, 3.8) is 0 Å². The molecule has 0 aromatic heterocycles. The highest BCUT2D eigenvalue weighted by Gasteiger charge is 2.24. The van der Waals surface area contributed by atoms with Crippen molar-refractivity contribution in [3.05, 3.63) is 95.0 Å². The Labute approximate surface area is 184 Å². The van der Waals surface area contributed by atoms with E-state index in [9.17, 15) is 16.8 Å². The van der Waals surface area contributed by atoms with E-state index in [-0.39, 0.29) is 19.6 Å². The van der Waals surface area contributed by atoms with Crippen LogP contribution in [-0.4, -0.2) is 16.8 Å². The number of rotatable bonds is 4. The molecular weight excluding hydrogens is 463 g/mol. The van der Waals surface area contributed by atoms with E-state index in [1.807, 2.05) is 0 Å². The molecule has 0 saturated carbocycles. The van der Waals surface area contributed by atoms with E-state index in [1.165, 1.54) is 72.8 Å². The van der Waals surface area contributed by atoms with Gasteiger partial charge in [-0.25, -0.2) is 16.8 Å². The summed E-state index contributed by atoms with van der Waals surface area (Å²) in [6.45, 7) is 0. The van der Waals surface area contributed by atoms with Crippen molar-refractivity contribution in [2.45, 2.75) is 19.6 Å². The quantitative estimate of drug-likeness (QED) is 0.372. The summed E-state index contributed by atoms with van der Waals surface area (Å²) in [5.41, 5.74) is 0. The Balaban J connectivity index is 1.95. The average Bonchev–Trinajstić information content (AvgIpc) is 2.73. The molecule has 0 aliphatic rings. The van der Waals surface area contributed by atoms with Crippen LogP contribution >= 0.6 is 23.2 Å². The van der Waals surface area contributed by atoms with Crippen LogP contribution in [0.5, 0.6) is 0 Å². The maximum Gasteiger partial charge on any atom is 0.207 e. The normalized spacial score (nSPS) is 12.2. The first-order valence-electron chi connectivity index (χ1n) is 8.74. The van der Waals surface area contributed by atoms with Crippen molar-refractivity contribution < 1.29 is 16.8 Å². The Bertz CT molecular complexity index is 1350. The van der Waals surface area contributed by atoms with Crippen molar-refractivity contribution in [1.29, 1.82) is 0 Å². The van der Waals surface area contributed by atoms with Crippen molar-refractivity contribution in [2.75, 3.05) is 0 Å². The molecule has 0 amide bonds. The van der Waals surface area contributed by atoms with Crippen LogP contribution in [0.4, 0.5) is 0 Å². The second kappa shape index (κ2) is 7.71. The van der Waals surface area contributed by atoms with Gasteiger partial charge in [-0.2, -0.15) is 0 Å². The third-order valence-corrected chi connectivity index (χ3v) is 8.83. The fraction of sp³-hybridized carbons (Fsp3) is 0. The topological polar surface area (TPSA) is 68.3 Å². The van der Waals surface area contributed by atoms with Gasteiger partial charge < -0.3 is 0 Å². The van der Waals surface area contributed by atoms with Crippen LogP contribution < -0.4 is 0 Å². The number of sulfone groups is 2. The molecule has 0 spiro atoms. The first kappa shape index (κ1) is 20.9. The largest absolute Gasteiger partial charge is 0.218 e. The van der Waals surface area contributed by atoms with Gasteiger partial charge in [0.2, 0.25) is 19.7 Å². The lowest BCUT2D eigenvalue weighted by Crippen LogP contribution is -2.05. The third-order valence-electron chi connectivity index (χ3n) is 4.67. The van der Waals surface area contributed by atoms with Gasteiger partial charge in [-0.15, -0.1) is 0 Å². The Hall–Kier alpha value is -2.38. The number of benzene rings is 4. The lowest BCUT2D eigenvalue weighted by atomic mass is 10.1. The van der Waals surface area contributed by atoms with Gasteiger partial charge in [-0.1, -0.05) is 47.5 Å². The van der Waals surface area contributed by atoms with E-state index in [4.69, 9.17) is 23.2 Å². The summed E-state index contributed by atoms with van der Waals surface area (Å²) in [5, 5.41) is 1.48. The molecule has 30 heavy (non-hydrogen) atoms. The third kappa shape index (κ3) is 3.61. The fourth-order valence-corrected chi connectivity index (χ4v) is 6.40. The molecule has 0 radical (unpaired) electrons. The van der Waals surface area contributed by atoms with Crippen molar-refractivity contribution in [3.8, 4) is 0 Å². The summed E-state index contributed by atoms with van der Waals surface area (Å²) in [4.78, 5) is 0.196. The lowest BCUT2D eigenvalue weighted by Gasteiger charge is -2.12. The highest BCUT2D eigenvalue weighted by Crippen LogP contribution is 2.34. The number of hydrogen-bond acceptors (Lipinski definition) is 4. The van der Waals surface area contributed by atoms with Gasteiger partial charge in [-0.05, 0) is 60.7 Å². The molecule has 8 heteroatoms. The van der Waals surface area contributed by atoms with Crippen LogP contribution in [-0.2, 0) is 19.7 Å². The maximum atomic E-state index is 13.2. The zero-order valence-electron chi connectivity index (χ0n) is 15.3. The number of halogens is 2. The molecule has 0 aliphatic heterocycles. The van der Waals surface area contributed by atoms with E-state index in [1.54, 1.807) is 12.1 Å². The minimum Gasteiger partial charge on any atom is -0.218 e. The van der Waals surface area contributed by atoms with E-state index in [0.717, 1.165) is 0 Å². The van der Waals surface area contributed by atoms with Crippen LogP contribution in [0.25, 0.3) is 10.8 Å². The summed E-state index contributed by atoms with van der Waals surface area (Å²) in [6.07, 6.45) is 0. The second-order valence-electron chi connectivity index (χ2n) is 6.52. The Morgan fingerprint density at radius 1 is 0.467 bits per heavy atom. The fourth-order valence-electron chi connectivity index (χ4n) is 3.20. The summed E-state index contributed by atoms with van der Waals surface area (Å²) in [7, 11) is -7.77. The molecule has 0 saturated heterocycles. The monoisotopic (exact) mass is 476 g/mol. The van der Waals surface area contributed by atoms with Crippen LogP contribution in [0.2, 0.25) is 10.0 Å². The zero-order chi connectivity index (χ0) is 21.5. The molecule has 0 N–H and O–H groups in total. The molecule has 4 nitrogen and oxygen atoms in total. The molecule has 0 bridgehead atoms. The van der Waals surface area contributed by atoms with Gasteiger partial charge in [0, 0.05) is 20.8 Å². The predicted octanol–water partition coefficient (Wildman–Crippen LogP) is 5.81. The molecule has 152 valence electrons. The minimum absolute atomic E-state index is 0.0236. The van der Waals surface area contributed by atoms with Crippen LogP contribution in [0.1, 0.15) is 0 Å². The first-order chi connectivity index (χ1) is 14.2. The average molecular weight is 477 g/mol. The van der Waals surface area contributed by atoms with E-state index in [0.29, 0.717) is 20.8 Å². The Morgan fingerprint density at radius 3 is 1.13 bits per heavy atom. The molecule has 4 rings (SSSR count). The van der Waals surface area contributed by atoms with Gasteiger partial charge in [0.25, 0.3) is 0 Å². The Morgan fingerprint density at radius 2 is 0.800 bits per heavy atom. The van der Waals surface area contributed by atoms with Gasteiger partial charge in [0.05, 0.1) is 19.6 Å². The zero-order valence-corrected chi connectivity index (χ0v) is 18.4. The van der Waals surface area contributed by atoms with Gasteiger partial charge in [0.1, 0.15) is 0 Å². The van der Waals surface area contributed by atoms with Crippen molar-refractivity contribution in [2.24, 2.45) is 0 Å². The SMILES string of the molecule is O=S(=O)(c1ccc(Cl)cc1)c1cccc2c(S(=O)(=O)c3ccc(Cl)cc3)cccc12. The summed E-state index contributed by atoms with van der Waals surface area (Å²) in [5.74, 6) is 0. The van der Waals surface area contributed by atoms with Gasteiger partial charge in [0.15, 0.2) is 0 Å². The second-order valence-corrected chi connectivity index (χ2v) is 11.2. The van der Waals surface area contributed by atoms with Gasteiger partial charge in [-0.3, -0.25) is 0 Å². The summed E-state index contributed by atoms with van der Waals surface area (Å²) < 4.78 is 52.9. The smallest absolute Gasteiger partial charge is 0.207 e. The standard InChI is InChI=1S/C22H14Cl2O4S2/c23-15-7-11-17(12-8-15)29(25,26)21-5-1-3-19-20(21)4-2-6-22(19)30(27,28)18-13-9-16(24)10-14-18/h1-14H. The van der Waals surface area contributed by atoms with Crippen LogP contribution in [0, 0.1) is 0 Å². The van der Waals surface area contributed by atoms with Crippen molar-refractivity contribution >= 4 is 53.6 Å². The van der Waals surface area contributed by atoms with E-state index in [2.05, 4.69) is 0 Å². The molecule has 0 fully saturated rings. The number of hydrogen-bond donors (Lipinski definition) is 0. The minimum atomic E-state index is -3.89. The lowest BCUT2D eigenvalue weighted by molar-refractivity contribution is 0.594. The highest BCUT2D eigenvalue weighted by atomic mass is 35.5. The van der Waals surface area contributed by atoms with E-state index >= 15 is 0 Å². The summed E-state index contributed by atoms with van der Waals surface area (Å²) in [6, 6.07) is 20.9.